The quantitative estimate of drug-likeness (QED) is 0.248. The van der Waals surface area contributed by atoms with Crippen LogP contribution in [0.1, 0.15) is 11.3 Å². The molecule has 0 amide bonds. The van der Waals surface area contributed by atoms with Crippen LogP contribution in [0.15, 0.2) is 81.6 Å². The summed E-state index contributed by atoms with van der Waals surface area (Å²) in [6.45, 7) is 4.44. The number of nitrogens with two attached hydrogens (primary N) is 1. The summed E-state index contributed by atoms with van der Waals surface area (Å²) < 4.78 is 75.5. The second-order valence-corrected chi connectivity index (χ2v) is 12.1. The monoisotopic (exact) mass is 593 g/mol. The van der Waals surface area contributed by atoms with E-state index in [9.17, 15) is 21.6 Å². The fraction of sp³-hybridized carbons (Fsp3) is 0.321. The van der Waals surface area contributed by atoms with Crippen molar-refractivity contribution >= 4 is 32.6 Å². The van der Waals surface area contributed by atoms with Crippen LogP contribution in [0.5, 0.6) is 5.75 Å². The third-order valence-electron chi connectivity index (χ3n) is 6.15. The summed E-state index contributed by atoms with van der Waals surface area (Å²) in [5.74, 6) is 0.443. The first-order chi connectivity index (χ1) is 19.0. The Morgan fingerprint density at radius 3 is 2.60 bits per heavy atom. The third-order valence-corrected chi connectivity index (χ3v) is 8.22. The summed E-state index contributed by atoms with van der Waals surface area (Å²) in [7, 11) is -3.43. The number of sulfone groups is 1. The molecule has 7 nitrogen and oxygen atoms in total. The first-order valence-electron chi connectivity index (χ1n) is 12.5. The highest BCUT2D eigenvalue weighted by atomic mass is 32.2. The number of thiophene rings is 1. The molecule has 0 aliphatic carbocycles. The summed E-state index contributed by atoms with van der Waals surface area (Å²) in [6, 6.07) is 14.9. The zero-order valence-corrected chi connectivity index (χ0v) is 23.5. The molecule has 4 rings (SSSR count). The van der Waals surface area contributed by atoms with Crippen LogP contribution in [-0.2, 0) is 14.6 Å². The van der Waals surface area contributed by atoms with E-state index in [1.165, 1.54) is 23.5 Å². The van der Waals surface area contributed by atoms with Gasteiger partial charge in [-0.25, -0.2) is 13.4 Å². The standard InChI is InChI=1S/C28H30F3N3O4S2/c1-40(35,36)22-7-4-6-20(16-22)21-17-26(39-19-21)24(18-27(32)28(29,30)31)33-23-8-2-3-9-25(23)38-13-5-10-34-11-14-37-15-12-34/h2-4,6-9,16-19H,5,10-15,32H2,1H3. The van der Waals surface area contributed by atoms with Gasteiger partial charge in [-0.15, -0.1) is 11.3 Å². The molecule has 0 unspecified atom stereocenters. The van der Waals surface area contributed by atoms with E-state index < -0.39 is 21.7 Å². The van der Waals surface area contributed by atoms with E-state index in [4.69, 9.17) is 15.2 Å². The second-order valence-electron chi connectivity index (χ2n) is 9.22. The van der Waals surface area contributed by atoms with E-state index in [0.717, 1.165) is 38.4 Å². The minimum Gasteiger partial charge on any atom is -0.491 e. The van der Waals surface area contributed by atoms with Gasteiger partial charge in [-0.3, -0.25) is 4.90 Å². The number of alkyl halides is 3. The van der Waals surface area contributed by atoms with E-state index in [1.807, 2.05) is 0 Å². The van der Waals surface area contributed by atoms with Crippen molar-refractivity contribution in [3.63, 3.8) is 0 Å². The van der Waals surface area contributed by atoms with Gasteiger partial charge in [-0.1, -0.05) is 24.3 Å². The normalized spacial score (nSPS) is 15.8. The lowest BCUT2D eigenvalue weighted by atomic mass is 10.1. The highest BCUT2D eigenvalue weighted by Gasteiger charge is 2.32. The lowest BCUT2D eigenvalue weighted by Gasteiger charge is -2.26. The molecular formula is C28H30F3N3O4S2. The molecule has 0 spiro atoms. The number of ether oxygens (including phenoxy) is 2. The number of hydrogen-bond acceptors (Lipinski definition) is 8. The average molecular weight is 594 g/mol. The molecule has 1 saturated heterocycles. The van der Waals surface area contributed by atoms with E-state index in [2.05, 4.69) is 9.89 Å². The van der Waals surface area contributed by atoms with Crippen molar-refractivity contribution in [1.29, 1.82) is 0 Å². The Balaban J connectivity index is 1.62. The number of allylic oxidation sites excluding steroid dienone is 2. The molecule has 2 heterocycles. The topological polar surface area (TPSA) is 94.2 Å². The maximum Gasteiger partial charge on any atom is 0.430 e. The lowest BCUT2D eigenvalue weighted by Crippen LogP contribution is -2.37. The van der Waals surface area contributed by atoms with E-state index >= 15 is 0 Å². The van der Waals surface area contributed by atoms with Crippen LogP contribution in [0.4, 0.5) is 18.9 Å². The van der Waals surface area contributed by atoms with Crippen molar-refractivity contribution in [3.05, 3.63) is 76.6 Å². The van der Waals surface area contributed by atoms with Crippen LogP contribution in [-0.4, -0.2) is 70.9 Å². The molecule has 214 valence electrons. The maximum atomic E-state index is 13.4. The third kappa shape index (κ3) is 8.17. The highest BCUT2D eigenvalue weighted by molar-refractivity contribution is 7.90. The Labute approximate surface area is 235 Å². The average Bonchev–Trinajstić information content (AvgIpc) is 3.42. The van der Waals surface area contributed by atoms with Gasteiger partial charge in [0, 0.05) is 25.9 Å². The number of halogens is 3. The fourth-order valence-electron chi connectivity index (χ4n) is 4.01. The van der Waals surface area contributed by atoms with Gasteiger partial charge >= 0.3 is 6.18 Å². The predicted molar refractivity (Wildman–Crippen MR) is 151 cm³/mol. The molecule has 40 heavy (non-hydrogen) atoms. The molecule has 0 radical (unpaired) electrons. The van der Waals surface area contributed by atoms with Crippen LogP contribution in [0, 0.1) is 0 Å². The molecule has 0 saturated carbocycles. The van der Waals surface area contributed by atoms with Gasteiger partial charge in [0.15, 0.2) is 9.84 Å². The van der Waals surface area contributed by atoms with Gasteiger partial charge in [0.1, 0.15) is 17.1 Å². The van der Waals surface area contributed by atoms with Crippen molar-refractivity contribution in [2.45, 2.75) is 17.5 Å². The first kappa shape index (κ1) is 29.8. The zero-order chi connectivity index (χ0) is 28.8. The predicted octanol–water partition coefficient (Wildman–Crippen LogP) is 5.45. The van der Waals surface area contributed by atoms with E-state index in [-0.39, 0.29) is 10.6 Å². The van der Waals surface area contributed by atoms with Gasteiger partial charge in [-0.05, 0) is 59.3 Å². The molecule has 0 bridgehead atoms. The Kier molecular flexibility index (Phi) is 9.67. The van der Waals surface area contributed by atoms with E-state index in [0.29, 0.717) is 47.3 Å². The molecule has 12 heteroatoms. The van der Waals surface area contributed by atoms with Gasteiger partial charge in [0.25, 0.3) is 0 Å². The maximum absolute atomic E-state index is 13.4. The number of para-hydroxylation sites is 2. The highest BCUT2D eigenvalue weighted by Crippen LogP contribution is 2.33. The van der Waals surface area contributed by atoms with Gasteiger partial charge in [-0.2, -0.15) is 13.2 Å². The smallest absolute Gasteiger partial charge is 0.430 e. The Morgan fingerprint density at radius 1 is 1.12 bits per heavy atom. The minimum absolute atomic E-state index is 0.00899. The van der Waals surface area contributed by atoms with Gasteiger partial charge in [0.05, 0.1) is 35.3 Å². The number of nitrogens with zero attached hydrogens (tertiary/aromatic N) is 2. The summed E-state index contributed by atoms with van der Waals surface area (Å²) in [4.78, 5) is 7.40. The Morgan fingerprint density at radius 2 is 1.88 bits per heavy atom. The molecule has 2 N–H and O–H groups in total. The number of hydrogen-bond donors (Lipinski definition) is 1. The number of morpholine rings is 1. The fourth-order valence-corrected chi connectivity index (χ4v) is 5.56. The van der Waals surface area contributed by atoms with Crippen molar-refractivity contribution in [2.75, 3.05) is 45.7 Å². The SMILES string of the molecule is CS(=O)(=O)c1cccc(-c2csc(C(C=C(N)C(F)(F)F)=Nc3ccccc3OCCCN3CCOCC3)c2)c1. The van der Waals surface area contributed by atoms with Crippen LogP contribution in [0.25, 0.3) is 11.1 Å². The van der Waals surface area contributed by atoms with Gasteiger partial charge in [0.2, 0.25) is 0 Å². The zero-order valence-electron chi connectivity index (χ0n) is 21.9. The largest absolute Gasteiger partial charge is 0.491 e. The summed E-state index contributed by atoms with van der Waals surface area (Å²) in [6.07, 6.45) is -2.05. The lowest BCUT2D eigenvalue weighted by molar-refractivity contribution is -0.0925. The van der Waals surface area contributed by atoms with Crippen molar-refractivity contribution in [1.82, 2.24) is 4.90 Å². The molecule has 1 aromatic heterocycles. The minimum atomic E-state index is -4.74. The molecule has 0 atom stereocenters. The van der Waals surface area contributed by atoms with Crippen molar-refractivity contribution in [2.24, 2.45) is 10.7 Å². The molecular weight excluding hydrogens is 563 g/mol. The second kappa shape index (κ2) is 13.0. The van der Waals surface area contributed by atoms with Crippen LogP contribution in [0.2, 0.25) is 0 Å². The van der Waals surface area contributed by atoms with Crippen LogP contribution in [0.3, 0.4) is 0 Å². The summed E-state index contributed by atoms with van der Waals surface area (Å²) >= 11 is 1.18. The Hall–Kier alpha value is -3.19. The summed E-state index contributed by atoms with van der Waals surface area (Å²) in [5, 5.41) is 1.73. The number of benzene rings is 2. The van der Waals surface area contributed by atoms with Crippen LogP contribution >= 0.6 is 11.3 Å². The van der Waals surface area contributed by atoms with Crippen molar-refractivity contribution < 1.29 is 31.1 Å². The van der Waals surface area contributed by atoms with E-state index in [1.54, 1.807) is 47.8 Å². The Bertz CT molecular complexity index is 1480. The summed E-state index contributed by atoms with van der Waals surface area (Å²) in [5.41, 5.74) is 5.73. The number of rotatable bonds is 10. The molecule has 1 aliphatic heterocycles. The molecule has 1 aliphatic rings. The molecule has 3 aromatic rings. The van der Waals surface area contributed by atoms with Crippen molar-refractivity contribution in [3.8, 4) is 16.9 Å². The number of aliphatic imine (C=N–C) groups is 1. The van der Waals surface area contributed by atoms with Gasteiger partial charge < -0.3 is 15.2 Å². The molecule has 2 aromatic carbocycles. The molecule has 1 fully saturated rings. The first-order valence-corrected chi connectivity index (χ1v) is 15.3. The van der Waals surface area contributed by atoms with Crippen LogP contribution < -0.4 is 10.5 Å².